The van der Waals surface area contributed by atoms with E-state index in [-0.39, 0.29) is 0 Å². The summed E-state index contributed by atoms with van der Waals surface area (Å²) < 4.78 is 0. The molecule has 1 aliphatic carbocycles. The predicted octanol–water partition coefficient (Wildman–Crippen LogP) is 2.36. The molecule has 0 radical (unpaired) electrons. The lowest BCUT2D eigenvalue weighted by atomic mass is 9.97. The summed E-state index contributed by atoms with van der Waals surface area (Å²) in [6, 6.07) is 1.95. The van der Waals surface area contributed by atoms with Gasteiger partial charge in [-0.05, 0) is 51.4 Å². The van der Waals surface area contributed by atoms with Gasteiger partial charge in [-0.2, -0.15) is 0 Å². The molecule has 0 spiro atoms. The summed E-state index contributed by atoms with van der Waals surface area (Å²) in [5.41, 5.74) is 0. The van der Waals surface area contributed by atoms with Crippen LogP contribution in [0.2, 0.25) is 0 Å². The van der Waals surface area contributed by atoms with Crippen molar-refractivity contribution in [1.82, 2.24) is 15.1 Å². The Labute approximate surface area is 122 Å². The molecule has 1 N–H and O–H groups in total. The molecule has 0 bridgehead atoms. The Kier molecular flexibility index (Phi) is 4.27. The summed E-state index contributed by atoms with van der Waals surface area (Å²) in [4.78, 5) is 5.14. The molecule has 3 fully saturated rings. The van der Waals surface area contributed by atoms with Crippen molar-refractivity contribution in [3.63, 3.8) is 0 Å². The normalized spacial score (nSPS) is 33.2. The van der Waals surface area contributed by atoms with Gasteiger partial charge in [-0.25, -0.2) is 0 Å². The molecule has 0 aromatic rings. The third-order valence-electron chi connectivity index (χ3n) is 5.13. The molecule has 3 rings (SSSR count). The molecule has 2 aliphatic heterocycles. The SMILES string of the molecule is CC1CN2CCCCC2CN1C(=S)NC1CCCC1. The summed E-state index contributed by atoms with van der Waals surface area (Å²) >= 11 is 5.68. The molecule has 2 unspecified atom stereocenters. The summed E-state index contributed by atoms with van der Waals surface area (Å²) in [7, 11) is 0. The molecule has 4 heteroatoms. The Morgan fingerprint density at radius 1 is 1.05 bits per heavy atom. The number of hydrogen-bond acceptors (Lipinski definition) is 2. The minimum Gasteiger partial charge on any atom is -0.360 e. The third kappa shape index (κ3) is 3.05. The minimum absolute atomic E-state index is 0.566. The van der Waals surface area contributed by atoms with Gasteiger partial charge in [0.05, 0.1) is 0 Å². The summed E-state index contributed by atoms with van der Waals surface area (Å²) in [5.74, 6) is 0. The van der Waals surface area contributed by atoms with Crippen molar-refractivity contribution in [1.29, 1.82) is 0 Å². The highest BCUT2D eigenvalue weighted by Crippen LogP contribution is 2.25. The minimum atomic E-state index is 0.566. The van der Waals surface area contributed by atoms with Crippen molar-refractivity contribution in [3.8, 4) is 0 Å². The molecule has 0 aromatic heterocycles. The van der Waals surface area contributed by atoms with Crippen LogP contribution in [0.4, 0.5) is 0 Å². The lowest BCUT2D eigenvalue weighted by molar-refractivity contribution is 0.0496. The lowest BCUT2D eigenvalue weighted by Gasteiger charge is -2.48. The molecule has 3 aliphatic rings. The zero-order chi connectivity index (χ0) is 13.2. The second-order valence-corrected chi connectivity index (χ2v) is 6.96. The molecular formula is C15H27N3S. The zero-order valence-corrected chi connectivity index (χ0v) is 12.9. The third-order valence-corrected chi connectivity index (χ3v) is 5.48. The summed E-state index contributed by atoms with van der Waals surface area (Å²) in [6.07, 6.45) is 9.48. The Balaban J connectivity index is 1.58. The van der Waals surface area contributed by atoms with E-state index in [1.54, 1.807) is 0 Å². The van der Waals surface area contributed by atoms with Crippen LogP contribution in [0.1, 0.15) is 51.9 Å². The quantitative estimate of drug-likeness (QED) is 0.744. The number of thiocarbonyl (C=S) groups is 1. The van der Waals surface area contributed by atoms with E-state index in [0.717, 1.165) is 17.7 Å². The van der Waals surface area contributed by atoms with Crippen molar-refractivity contribution < 1.29 is 0 Å². The molecule has 2 saturated heterocycles. The molecule has 108 valence electrons. The average molecular weight is 281 g/mol. The first-order valence-corrected chi connectivity index (χ1v) is 8.46. The van der Waals surface area contributed by atoms with Crippen LogP contribution in [0.25, 0.3) is 0 Å². The number of piperidine rings is 1. The second kappa shape index (κ2) is 5.96. The van der Waals surface area contributed by atoms with Crippen LogP contribution in [0.3, 0.4) is 0 Å². The predicted molar refractivity (Wildman–Crippen MR) is 83.4 cm³/mol. The van der Waals surface area contributed by atoms with Crippen LogP contribution in [0.15, 0.2) is 0 Å². The first-order valence-electron chi connectivity index (χ1n) is 8.05. The van der Waals surface area contributed by atoms with Crippen molar-refractivity contribution in [2.45, 2.75) is 70.0 Å². The largest absolute Gasteiger partial charge is 0.360 e. The Morgan fingerprint density at radius 3 is 2.58 bits per heavy atom. The Morgan fingerprint density at radius 2 is 1.79 bits per heavy atom. The molecule has 19 heavy (non-hydrogen) atoms. The van der Waals surface area contributed by atoms with Crippen molar-refractivity contribution in [2.24, 2.45) is 0 Å². The monoisotopic (exact) mass is 281 g/mol. The highest BCUT2D eigenvalue weighted by Gasteiger charge is 2.34. The number of fused-ring (bicyclic) bond motifs is 1. The maximum Gasteiger partial charge on any atom is 0.169 e. The van der Waals surface area contributed by atoms with Crippen LogP contribution in [-0.2, 0) is 0 Å². The van der Waals surface area contributed by atoms with Gasteiger partial charge in [-0.15, -0.1) is 0 Å². The van der Waals surface area contributed by atoms with Crippen LogP contribution in [0.5, 0.6) is 0 Å². The van der Waals surface area contributed by atoms with E-state index < -0.39 is 0 Å². The van der Waals surface area contributed by atoms with Gasteiger partial charge in [-0.1, -0.05) is 19.3 Å². The smallest absolute Gasteiger partial charge is 0.169 e. The lowest BCUT2D eigenvalue weighted by Crippen LogP contribution is -2.62. The first kappa shape index (κ1) is 13.6. The van der Waals surface area contributed by atoms with Gasteiger partial charge in [0.1, 0.15) is 0 Å². The fourth-order valence-electron chi connectivity index (χ4n) is 3.96. The van der Waals surface area contributed by atoms with E-state index >= 15 is 0 Å². The van der Waals surface area contributed by atoms with Gasteiger partial charge < -0.3 is 10.2 Å². The van der Waals surface area contributed by atoms with E-state index in [2.05, 4.69) is 22.0 Å². The van der Waals surface area contributed by atoms with Crippen molar-refractivity contribution in [3.05, 3.63) is 0 Å². The van der Waals surface area contributed by atoms with Crippen LogP contribution < -0.4 is 5.32 Å². The van der Waals surface area contributed by atoms with Crippen molar-refractivity contribution in [2.75, 3.05) is 19.6 Å². The fraction of sp³-hybridized carbons (Fsp3) is 0.933. The van der Waals surface area contributed by atoms with E-state index in [4.69, 9.17) is 12.2 Å². The molecule has 0 aromatic carbocycles. The standard InChI is InChI=1S/C15H27N3S/c1-12-10-17-9-5-4-8-14(17)11-18(12)15(19)16-13-6-2-3-7-13/h12-14H,2-11H2,1H3,(H,16,19). The van der Waals surface area contributed by atoms with Gasteiger partial charge in [0, 0.05) is 31.2 Å². The van der Waals surface area contributed by atoms with Crippen LogP contribution in [-0.4, -0.2) is 52.7 Å². The topological polar surface area (TPSA) is 18.5 Å². The molecule has 0 amide bonds. The molecule has 1 saturated carbocycles. The number of nitrogens with one attached hydrogen (secondary N) is 1. The van der Waals surface area contributed by atoms with Gasteiger partial charge in [0.25, 0.3) is 0 Å². The number of nitrogens with zero attached hydrogens (tertiary/aromatic N) is 2. The molecular weight excluding hydrogens is 254 g/mol. The zero-order valence-electron chi connectivity index (χ0n) is 12.1. The molecule has 2 heterocycles. The molecule has 2 atom stereocenters. The fourth-order valence-corrected chi connectivity index (χ4v) is 4.38. The van der Waals surface area contributed by atoms with Gasteiger partial charge in [0.15, 0.2) is 5.11 Å². The van der Waals surface area contributed by atoms with E-state index in [1.165, 1.54) is 58.0 Å². The molecule has 3 nitrogen and oxygen atoms in total. The average Bonchev–Trinajstić information content (AvgIpc) is 2.90. The highest BCUT2D eigenvalue weighted by atomic mass is 32.1. The van der Waals surface area contributed by atoms with Crippen LogP contribution in [0, 0.1) is 0 Å². The first-order chi connectivity index (χ1) is 9.24. The maximum absolute atomic E-state index is 5.68. The van der Waals surface area contributed by atoms with E-state index in [9.17, 15) is 0 Å². The Bertz CT molecular complexity index is 327. The van der Waals surface area contributed by atoms with Gasteiger partial charge in [0.2, 0.25) is 0 Å². The number of rotatable bonds is 1. The second-order valence-electron chi connectivity index (χ2n) is 6.58. The summed E-state index contributed by atoms with van der Waals surface area (Å²) in [6.45, 7) is 5.95. The number of hydrogen-bond donors (Lipinski definition) is 1. The number of piperazine rings is 1. The van der Waals surface area contributed by atoms with Crippen molar-refractivity contribution >= 4 is 17.3 Å². The van der Waals surface area contributed by atoms with Gasteiger partial charge >= 0.3 is 0 Å². The van der Waals surface area contributed by atoms with E-state index in [0.29, 0.717) is 12.1 Å². The Hall–Kier alpha value is -0.350. The van der Waals surface area contributed by atoms with Gasteiger partial charge in [-0.3, -0.25) is 4.90 Å². The highest BCUT2D eigenvalue weighted by molar-refractivity contribution is 7.80. The summed E-state index contributed by atoms with van der Waals surface area (Å²) in [5, 5.41) is 4.63. The van der Waals surface area contributed by atoms with E-state index in [1.807, 2.05) is 0 Å². The van der Waals surface area contributed by atoms with Crippen LogP contribution >= 0.6 is 12.2 Å². The maximum atomic E-state index is 5.68.